The molecule has 0 aliphatic rings. The molecule has 0 aliphatic heterocycles. The number of alkyl halides is 1. The number of hydrogen-bond donors (Lipinski definition) is 2. The van der Waals surface area contributed by atoms with E-state index in [2.05, 4.69) is 10.5 Å². The summed E-state index contributed by atoms with van der Waals surface area (Å²) >= 11 is 13.1. The molecule has 0 fully saturated rings. The Morgan fingerprint density at radius 3 is 2.78 bits per heavy atom. The van der Waals surface area contributed by atoms with Gasteiger partial charge in [-0.3, -0.25) is 4.79 Å². The Kier molecular flexibility index (Phi) is 8.83. The largest absolute Gasteiger partial charge is 0.480 e. The third-order valence-corrected chi connectivity index (χ3v) is 3.95. The van der Waals surface area contributed by atoms with Gasteiger partial charge in [0.2, 0.25) is 0 Å². The summed E-state index contributed by atoms with van der Waals surface area (Å²) < 4.78 is 0. The number of benzene rings is 1. The number of carboxylic acid groups (broad SMARTS) is 1. The minimum Gasteiger partial charge on any atom is -0.480 e. The summed E-state index contributed by atoms with van der Waals surface area (Å²) in [5.41, 5.74) is -0.841. The maximum Gasteiger partial charge on any atom is 0.326 e. The van der Waals surface area contributed by atoms with Gasteiger partial charge in [0.05, 0.1) is 6.21 Å². The van der Waals surface area contributed by atoms with Gasteiger partial charge in [-0.05, 0) is 24.5 Å². The Bertz CT molecular complexity index is 571. The first-order chi connectivity index (χ1) is 11.0. The second-order valence-electron chi connectivity index (χ2n) is 4.36. The standard InChI is InChI=1S/C14H16Cl2N2O4S/c1-23-7-6-11(14(20)21)18-13(19)12(16)22-17-8-9-4-2-3-5-10(9)15/h2-5,8,11-12H,6-7H2,1H3,(H,18,19)(H,20,21)/t11-,12?/m0/s1. The predicted molar refractivity (Wildman–Crippen MR) is 92.3 cm³/mol. The van der Waals surface area contributed by atoms with Gasteiger partial charge in [-0.1, -0.05) is 46.6 Å². The molecule has 0 spiro atoms. The van der Waals surface area contributed by atoms with Crippen molar-refractivity contribution >= 4 is 53.1 Å². The maximum atomic E-state index is 11.8. The lowest BCUT2D eigenvalue weighted by atomic mass is 10.2. The predicted octanol–water partition coefficient (Wildman–Crippen LogP) is 2.58. The van der Waals surface area contributed by atoms with Gasteiger partial charge in [0, 0.05) is 10.6 Å². The summed E-state index contributed by atoms with van der Waals surface area (Å²) in [5.74, 6) is -1.30. The van der Waals surface area contributed by atoms with Gasteiger partial charge in [0.25, 0.3) is 11.5 Å². The highest BCUT2D eigenvalue weighted by Gasteiger charge is 2.24. The molecule has 0 saturated heterocycles. The summed E-state index contributed by atoms with van der Waals surface area (Å²) in [6.07, 6.45) is 3.44. The normalized spacial score (nSPS) is 13.5. The third kappa shape index (κ3) is 7.11. The fourth-order valence-corrected chi connectivity index (χ4v) is 2.26. The lowest BCUT2D eigenvalue weighted by molar-refractivity contribution is -0.143. The highest BCUT2D eigenvalue weighted by Crippen LogP contribution is 2.12. The zero-order valence-electron chi connectivity index (χ0n) is 12.2. The van der Waals surface area contributed by atoms with E-state index in [1.54, 1.807) is 24.3 Å². The molecule has 1 aromatic carbocycles. The van der Waals surface area contributed by atoms with Crippen LogP contribution in [0.4, 0.5) is 0 Å². The second-order valence-corrected chi connectivity index (χ2v) is 6.15. The average Bonchev–Trinajstić information content (AvgIpc) is 2.52. The molecule has 0 radical (unpaired) electrons. The van der Waals surface area contributed by atoms with Gasteiger partial charge < -0.3 is 15.3 Å². The van der Waals surface area contributed by atoms with Gasteiger partial charge >= 0.3 is 5.97 Å². The first-order valence-corrected chi connectivity index (χ1v) is 8.76. The molecule has 0 aliphatic carbocycles. The summed E-state index contributed by atoms with van der Waals surface area (Å²) in [7, 11) is 0. The minimum absolute atomic E-state index is 0.286. The molecule has 1 unspecified atom stereocenters. The van der Waals surface area contributed by atoms with Crippen LogP contribution in [0.3, 0.4) is 0 Å². The number of aliphatic carboxylic acids is 1. The number of rotatable bonds is 9. The van der Waals surface area contributed by atoms with Crippen LogP contribution in [0.25, 0.3) is 0 Å². The molecule has 0 heterocycles. The van der Waals surface area contributed by atoms with E-state index in [9.17, 15) is 9.59 Å². The van der Waals surface area contributed by atoms with Crippen LogP contribution < -0.4 is 5.32 Å². The number of hydrogen-bond acceptors (Lipinski definition) is 5. The Labute approximate surface area is 148 Å². The van der Waals surface area contributed by atoms with Crippen molar-refractivity contribution < 1.29 is 19.5 Å². The lowest BCUT2D eigenvalue weighted by Crippen LogP contribution is -2.44. The lowest BCUT2D eigenvalue weighted by Gasteiger charge is -2.15. The number of halogens is 2. The number of amides is 1. The number of carboxylic acids is 1. The van der Waals surface area contributed by atoms with E-state index in [0.29, 0.717) is 16.3 Å². The zero-order valence-corrected chi connectivity index (χ0v) is 14.6. The van der Waals surface area contributed by atoms with Crippen molar-refractivity contribution in [3.63, 3.8) is 0 Å². The molecular formula is C14H16Cl2N2O4S. The fourth-order valence-electron chi connectivity index (χ4n) is 1.50. The van der Waals surface area contributed by atoms with Gasteiger partial charge in [0.15, 0.2) is 0 Å². The monoisotopic (exact) mass is 378 g/mol. The van der Waals surface area contributed by atoms with Crippen LogP contribution in [0.5, 0.6) is 0 Å². The van der Waals surface area contributed by atoms with E-state index in [-0.39, 0.29) is 6.42 Å². The van der Waals surface area contributed by atoms with E-state index in [1.807, 2.05) is 6.26 Å². The molecule has 0 saturated carbocycles. The number of thioether (sulfide) groups is 1. The minimum atomic E-state index is -1.44. The Morgan fingerprint density at radius 2 is 2.17 bits per heavy atom. The molecule has 1 rings (SSSR count). The molecular weight excluding hydrogens is 363 g/mol. The van der Waals surface area contributed by atoms with Gasteiger partial charge in [-0.15, -0.1) is 0 Å². The number of oxime groups is 1. The number of carbonyl (C=O) groups excluding carboxylic acids is 1. The zero-order chi connectivity index (χ0) is 17.2. The molecule has 126 valence electrons. The van der Waals surface area contributed by atoms with Crippen LogP contribution in [0.1, 0.15) is 12.0 Å². The summed E-state index contributed by atoms with van der Waals surface area (Å²) in [6.45, 7) is 0. The van der Waals surface area contributed by atoms with Crippen LogP contribution in [-0.2, 0) is 14.4 Å². The van der Waals surface area contributed by atoms with E-state index in [4.69, 9.17) is 33.1 Å². The van der Waals surface area contributed by atoms with Gasteiger partial charge in [-0.2, -0.15) is 11.8 Å². The van der Waals surface area contributed by atoms with E-state index in [0.717, 1.165) is 0 Å². The van der Waals surface area contributed by atoms with Gasteiger partial charge in [-0.25, -0.2) is 4.79 Å². The van der Waals surface area contributed by atoms with Crippen LogP contribution >= 0.6 is 35.0 Å². The summed E-state index contributed by atoms with van der Waals surface area (Å²) in [6, 6.07) is 5.89. The molecule has 0 aromatic heterocycles. The molecule has 1 amide bonds. The first-order valence-electron chi connectivity index (χ1n) is 6.55. The quantitative estimate of drug-likeness (QED) is 0.391. The van der Waals surface area contributed by atoms with E-state index < -0.39 is 23.5 Å². The number of nitrogens with one attached hydrogen (secondary N) is 1. The Balaban J connectivity index is 2.53. The molecule has 1 aromatic rings. The van der Waals surface area contributed by atoms with Crippen molar-refractivity contribution in [2.24, 2.45) is 5.16 Å². The number of nitrogens with zero attached hydrogens (tertiary/aromatic N) is 1. The van der Waals surface area contributed by atoms with Crippen molar-refractivity contribution in [2.75, 3.05) is 12.0 Å². The Hall–Kier alpha value is -1.44. The Morgan fingerprint density at radius 1 is 1.48 bits per heavy atom. The highest BCUT2D eigenvalue weighted by molar-refractivity contribution is 7.98. The SMILES string of the molecule is CSCC[C@H](NC(=O)C(Cl)ON=Cc1ccccc1Cl)C(=O)O. The van der Waals surface area contributed by atoms with Crippen molar-refractivity contribution in [3.05, 3.63) is 34.9 Å². The molecule has 2 atom stereocenters. The number of carbonyl (C=O) groups is 2. The topological polar surface area (TPSA) is 88.0 Å². The summed E-state index contributed by atoms with van der Waals surface area (Å²) in [5, 5.41) is 15.4. The van der Waals surface area contributed by atoms with Crippen molar-refractivity contribution in [1.29, 1.82) is 0 Å². The average molecular weight is 379 g/mol. The van der Waals surface area contributed by atoms with E-state index in [1.165, 1.54) is 18.0 Å². The van der Waals surface area contributed by atoms with Crippen molar-refractivity contribution in [2.45, 2.75) is 18.0 Å². The smallest absolute Gasteiger partial charge is 0.326 e. The third-order valence-electron chi connectivity index (χ3n) is 2.68. The van der Waals surface area contributed by atoms with Crippen LogP contribution in [0, 0.1) is 0 Å². The summed E-state index contributed by atoms with van der Waals surface area (Å²) in [4.78, 5) is 27.7. The maximum absolute atomic E-state index is 11.8. The van der Waals surface area contributed by atoms with Crippen LogP contribution in [0.2, 0.25) is 5.02 Å². The molecule has 2 N–H and O–H groups in total. The molecule has 0 bridgehead atoms. The van der Waals surface area contributed by atoms with Gasteiger partial charge in [0.1, 0.15) is 6.04 Å². The van der Waals surface area contributed by atoms with E-state index >= 15 is 0 Å². The molecule has 6 nitrogen and oxygen atoms in total. The van der Waals surface area contributed by atoms with Crippen LogP contribution in [0.15, 0.2) is 29.4 Å². The fraction of sp³-hybridized carbons (Fsp3) is 0.357. The first kappa shape index (κ1) is 19.6. The second kappa shape index (κ2) is 10.4. The molecule has 9 heteroatoms. The van der Waals surface area contributed by atoms with Crippen LogP contribution in [-0.4, -0.2) is 46.8 Å². The van der Waals surface area contributed by atoms with Crippen molar-refractivity contribution in [3.8, 4) is 0 Å². The highest BCUT2D eigenvalue weighted by atomic mass is 35.5. The van der Waals surface area contributed by atoms with Crippen molar-refractivity contribution in [1.82, 2.24) is 5.32 Å². The molecule has 23 heavy (non-hydrogen) atoms.